The molecule has 0 heterocycles. The van der Waals surface area contributed by atoms with Gasteiger partial charge in [0, 0.05) is 23.7 Å². The van der Waals surface area contributed by atoms with E-state index in [9.17, 15) is 4.39 Å². The van der Waals surface area contributed by atoms with Crippen molar-refractivity contribution >= 4 is 0 Å². The number of nitrogens with one attached hydrogen (secondary N) is 1. The first kappa shape index (κ1) is 19.5. The number of methoxy groups -OCH3 is 3. The summed E-state index contributed by atoms with van der Waals surface area (Å²) < 4.78 is 30.2. The Morgan fingerprint density at radius 2 is 1.77 bits per heavy atom. The highest BCUT2D eigenvalue weighted by atomic mass is 19.1. The highest BCUT2D eigenvalue weighted by Crippen LogP contribution is 2.33. The average Bonchev–Trinajstić information content (AvgIpc) is 2.66. The minimum Gasteiger partial charge on any atom is -0.496 e. The number of hydrogen-bond acceptors (Lipinski definition) is 5. The summed E-state index contributed by atoms with van der Waals surface area (Å²) in [5, 5.41) is 12.5. The van der Waals surface area contributed by atoms with Crippen molar-refractivity contribution in [3.8, 4) is 23.3 Å². The Labute approximate surface area is 153 Å². The van der Waals surface area contributed by atoms with Gasteiger partial charge in [-0.25, -0.2) is 4.39 Å². The van der Waals surface area contributed by atoms with E-state index in [2.05, 4.69) is 5.32 Å². The zero-order valence-electron chi connectivity index (χ0n) is 15.4. The molecule has 1 unspecified atom stereocenters. The molecular weight excluding hydrogens is 335 g/mol. The van der Waals surface area contributed by atoms with Crippen molar-refractivity contribution in [1.82, 2.24) is 5.32 Å². The molecule has 0 amide bonds. The van der Waals surface area contributed by atoms with E-state index in [4.69, 9.17) is 19.5 Å². The van der Waals surface area contributed by atoms with E-state index in [1.807, 2.05) is 37.3 Å². The smallest absolute Gasteiger partial charge is 0.186 e. The van der Waals surface area contributed by atoms with Gasteiger partial charge in [-0.15, -0.1) is 0 Å². The fourth-order valence-electron chi connectivity index (χ4n) is 2.83. The summed E-state index contributed by atoms with van der Waals surface area (Å²) in [4.78, 5) is 0. The molecule has 0 aliphatic rings. The van der Waals surface area contributed by atoms with Crippen molar-refractivity contribution in [2.24, 2.45) is 0 Å². The quantitative estimate of drug-likeness (QED) is 0.783. The van der Waals surface area contributed by atoms with Gasteiger partial charge in [0.15, 0.2) is 11.6 Å². The predicted molar refractivity (Wildman–Crippen MR) is 97.2 cm³/mol. The monoisotopic (exact) mass is 358 g/mol. The number of ether oxygens (including phenoxy) is 3. The van der Waals surface area contributed by atoms with Gasteiger partial charge in [-0.1, -0.05) is 18.2 Å². The van der Waals surface area contributed by atoms with Crippen LogP contribution in [0.3, 0.4) is 0 Å². The standard InChI is InChI=1S/C20H23FN2O3/c1-13(23-12-14-7-5-6-8-17(14)24-2)9-15-10-18(25-3)16(11-22)19(21)20(15)26-4/h5-8,10,13,23H,9,12H2,1-4H3. The van der Waals surface area contributed by atoms with Crippen LogP contribution in [0, 0.1) is 17.1 Å². The number of hydrogen-bond donors (Lipinski definition) is 1. The molecule has 2 rings (SSSR count). The van der Waals surface area contributed by atoms with Crippen LogP contribution in [-0.2, 0) is 13.0 Å². The topological polar surface area (TPSA) is 63.5 Å². The summed E-state index contributed by atoms with van der Waals surface area (Å²) in [6.45, 7) is 2.61. The van der Waals surface area contributed by atoms with Gasteiger partial charge < -0.3 is 19.5 Å². The Bertz CT molecular complexity index is 802. The molecular formula is C20H23FN2O3. The first-order valence-corrected chi connectivity index (χ1v) is 8.24. The minimum absolute atomic E-state index is 0.0332. The summed E-state index contributed by atoms with van der Waals surface area (Å²) in [6, 6.07) is 11.3. The summed E-state index contributed by atoms with van der Waals surface area (Å²) in [5.41, 5.74) is 1.53. The number of rotatable bonds is 8. The Balaban J connectivity index is 2.17. The van der Waals surface area contributed by atoms with Crippen LogP contribution < -0.4 is 19.5 Å². The zero-order valence-corrected chi connectivity index (χ0v) is 15.4. The van der Waals surface area contributed by atoms with Crippen LogP contribution in [0.2, 0.25) is 0 Å². The Morgan fingerprint density at radius 3 is 2.38 bits per heavy atom. The van der Waals surface area contributed by atoms with Crippen molar-refractivity contribution in [2.45, 2.75) is 25.9 Å². The molecule has 0 aromatic heterocycles. The minimum atomic E-state index is -0.693. The van der Waals surface area contributed by atoms with E-state index in [-0.39, 0.29) is 23.1 Å². The second kappa shape index (κ2) is 9.07. The molecule has 138 valence electrons. The molecule has 0 spiro atoms. The molecule has 26 heavy (non-hydrogen) atoms. The molecule has 1 atom stereocenters. The maximum atomic E-state index is 14.5. The van der Waals surface area contributed by atoms with E-state index in [1.165, 1.54) is 14.2 Å². The van der Waals surface area contributed by atoms with Crippen LogP contribution >= 0.6 is 0 Å². The lowest BCUT2D eigenvalue weighted by molar-refractivity contribution is 0.367. The van der Waals surface area contributed by atoms with Gasteiger partial charge in [-0.3, -0.25) is 0 Å². The molecule has 2 aromatic rings. The number of nitrogens with zero attached hydrogens (tertiary/aromatic N) is 1. The molecule has 0 saturated heterocycles. The van der Waals surface area contributed by atoms with Crippen molar-refractivity contribution in [2.75, 3.05) is 21.3 Å². The molecule has 0 bridgehead atoms. The number of nitriles is 1. The molecule has 0 aliphatic carbocycles. The third-order valence-corrected chi connectivity index (χ3v) is 4.16. The molecule has 0 saturated carbocycles. The maximum absolute atomic E-state index is 14.5. The van der Waals surface area contributed by atoms with Crippen LogP contribution in [0.25, 0.3) is 0 Å². The van der Waals surface area contributed by atoms with Gasteiger partial charge in [-0.2, -0.15) is 5.26 Å². The number of halogens is 1. The lowest BCUT2D eigenvalue weighted by Gasteiger charge is -2.18. The molecule has 2 aromatic carbocycles. The second-order valence-corrected chi connectivity index (χ2v) is 5.87. The SMILES string of the molecule is COc1ccccc1CNC(C)Cc1cc(OC)c(C#N)c(F)c1OC. The second-order valence-electron chi connectivity index (χ2n) is 5.87. The largest absolute Gasteiger partial charge is 0.496 e. The van der Waals surface area contributed by atoms with E-state index >= 15 is 0 Å². The Kier molecular flexibility index (Phi) is 6.81. The number of para-hydroxylation sites is 1. The van der Waals surface area contributed by atoms with Crippen molar-refractivity contribution < 1.29 is 18.6 Å². The predicted octanol–water partition coefficient (Wildman–Crippen LogP) is 3.44. The van der Waals surface area contributed by atoms with Gasteiger partial charge in [0.25, 0.3) is 0 Å². The fourth-order valence-corrected chi connectivity index (χ4v) is 2.83. The first-order valence-electron chi connectivity index (χ1n) is 8.24. The Morgan fingerprint density at radius 1 is 1.08 bits per heavy atom. The van der Waals surface area contributed by atoms with Gasteiger partial charge in [0.05, 0.1) is 21.3 Å². The third kappa shape index (κ3) is 4.24. The Hall–Kier alpha value is -2.78. The summed E-state index contributed by atoms with van der Waals surface area (Å²) in [5.74, 6) is 0.406. The molecule has 0 aliphatic heterocycles. The maximum Gasteiger partial charge on any atom is 0.186 e. The normalized spacial score (nSPS) is 11.5. The summed E-state index contributed by atoms with van der Waals surface area (Å²) in [7, 11) is 4.44. The van der Waals surface area contributed by atoms with Gasteiger partial charge >= 0.3 is 0 Å². The molecule has 1 N–H and O–H groups in total. The molecule has 6 heteroatoms. The molecule has 0 fully saturated rings. The van der Waals surface area contributed by atoms with Crippen molar-refractivity contribution in [1.29, 1.82) is 5.26 Å². The van der Waals surface area contributed by atoms with E-state index in [0.29, 0.717) is 18.5 Å². The van der Waals surface area contributed by atoms with Crippen LogP contribution in [0.4, 0.5) is 4.39 Å². The highest BCUT2D eigenvalue weighted by Gasteiger charge is 2.21. The van der Waals surface area contributed by atoms with Gasteiger partial charge in [0.2, 0.25) is 0 Å². The van der Waals surface area contributed by atoms with E-state index in [1.54, 1.807) is 13.2 Å². The van der Waals surface area contributed by atoms with E-state index < -0.39 is 5.82 Å². The zero-order chi connectivity index (χ0) is 19.1. The van der Waals surface area contributed by atoms with Crippen LogP contribution in [-0.4, -0.2) is 27.4 Å². The highest BCUT2D eigenvalue weighted by molar-refractivity contribution is 5.53. The fraction of sp³-hybridized carbons (Fsp3) is 0.350. The lowest BCUT2D eigenvalue weighted by Crippen LogP contribution is -2.28. The molecule has 0 radical (unpaired) electrons. The first-order chi connectivity index (χ1) is 12.5. The average molecular weight is 358 g/mol. The van der Waals surface area contributed by atoms with Crippen LogP contribution in [0.1, 0.15) is 23.6 Å². The van der Waals surface area contributed by atoms with Crippen molar-refractivity contribution in [3.63, 3.8) is 0 Å². The third-order valence-electron chi connectivity index (χ3n) is 4.16. The summed E-state index contributed by atoms with van der Waals surface area (Å²) in [6.07, 6.45) is 0.511. The van der Waals surface area contributed by atoms with Crippen LogP contribution in [0.5, 0.6) is 17.2 Å². The molecule has 5 nitrogen and oxygen atoms in total. The van der Waals surface area contributed by atoms with Gasteiger partial charge in [-0.05, 0) is 25.5 Å². The lowest BCUT2D eigenvalue weighted by atomic mass is 10.0. The summed E-state index contributed by atoms with van der Waals surface area (Å²) >= 11 is 0. The van der Waals surface area contributed by atoms with Crippen molar-refractivity contribution in [3.05, 3.63) is 52.8 Å². The van der Waals surface area contributed by atoms with Gasteiger partial charge in [0.1, 0.15) is 23.1 Å². The van der Waals surface area contributed by atoms with E-state index in [0.717, 1.165) is 11.3 Å². The van der Waals surface area contributed by atoms with Crippen LogP contribution in [0.15, 0.2) is 30.3 Å². The number of benzene rings is 2.